The Hall–Kier alpha value is -5.00. The molecule has 2 aliphatic carbocycles. The number of amides is 2. The van der Waals surface area contributed by atoms with Crippen LogP contribution in [-0.4, -0.2) is 72.0 Å². The third kappa shape index (κ3) is 9.56. The molecule has 3 N–H and O–H groups in total. The van der Waals surface area contributed by atoms with E-state index in [4.69, 9.17) is 19.2 Å². The van der Waals surface area contributed by atoms with Crippen molar-refractivity contribution in [3.8, 4) is 22.8 Å². The number of carbonyl (C=O) groups is 5. The number of ketones is 1. The molecule has 6 atom stereocenters. The van der Waals surface area contributed by atoms with Gasteiger partial charge in [-0.2, -0.15) is 0 Å². The van der Waals surface area contributed by atoms with Crippen LogP contribution in [0.1, 0.15) is 78.6 Å². The summed E-state index contributed by atoms with van der Waals surface area (Å²) in [7, 11) is 2.88. The van der Waals surface area contributed by atoms with E-state index in [2.05, 4.69) is 10.6 Å². The molecule has 12 heteroatoms. The van der Waals surface area contributed by atoms with Gasteiger partial charge in [0.25, 0.3) is 0 Å². The van der Waals surface area contributed by atoms with Crippen LogP contribution >= 0.6 is 0 Å². The monoisotopic (exact) mass is 743 g/mol. The summed E-state index contributed by atoms with van der Waals surface area (Å²) in [4.78, 5) is 71.6. The molecule has 2 saturated carbocycles. The van der Waals surface area contributed by atoms with Crippen LogP contribution in [0.15, 0.2) is 54.6 Å². The van der Waals surface area contributed by atoms with Gasteiger partial charge in [0.1, 0.15) is 35.5 Å². The van der Waals surface area contributed by atoms with Crippen LogP contribution < -0.4 is 20.1 Å². The van der Waals surface area contributed by atoms with Crippen molar-refractivity contribution in [3.05, 3.63) is 54.6 Å². The van der Waals surface area contributed by atoms with Crippen molar-refractivity contribution in [3.63, 3.8) is 0 Å². The maximum absolute atomic E-state index is 14.3. The number of aliphatic carboxylic acids is 1. The summed E-state index contributed by atoms with van der Waals surface area (Å²) in [5.41, 5.74) is 2.18. The number of esters is 1. The van der Waals surface area contributed by atoms with Crippen molar-refractivity contribution < 1.29 is 43.3 Å². The molecule has 2 aliphatic rings. The van der Waals surface area contributed by atoms with Crippen molar-refractivity contribution >= 4 is 40.4 Å². The van der Waals surface area contributed by atoms with E-state index in [-0.39, 0.29) is 43.3 Å². The maximum Gasteiger partial charge on any atom is 0.328 e. The molecule has 0 radical (unpaired) electrons. The molecule has 0 spiro atoms. The van der Waals surface area contributed by atoms with Gasteiger partial charge in [-0.05, 0) is 56.1 Å². The number of ether oxygens (including phenoxy) is 3. The highest BCUT2D eigenvalue weighted by Gasteiger charge is 2.46. The predicted molar refractivity (Wildman–Crippen MR) is 203 cm³/mol. The predicted octanol–water partition coefficient (Wildman–Crippen LogP) is 6.13. The third-order valence-electron chi connectivity index (χ3n) is 11.1. The van der Waals surface area contributed by atoms with Gasteiger partial charge in [0, 0.05) is 41.3 Å². The molecule has 3 aromatic rings. The first-order valence-electron chi connectivity index (χ1n) is 19.1. The van der Waals surface area contributed by atoms with Crippen LogP contribution in [0.25, 0.3) is 22.2 Å². The summed E-state index contributed by atoms with van der Waals surface area (Å²) in [6.45, 7) is 5.36. The fourth-order valence-electron chi connectivity index (χ4n) is 7.91. The zero-order valence-electron chi connectivity index (χ0n) is 31.8. The highest BCUT2D eigenvalue weighted by atomic mass is 16.5. The van der Waals surface area contributed by atoms with Crippen molar-refractivity contribution in [2.75, 3.05) is 14.2 Å². The second-order valence-electron chi connectivity index (χ2n) is 14.9. The zero-order valence-corrected chi connectivity index (χ0v) is 31.8. The van der Waals surface area contributed by atoms with Crippen molar-refractivity contribution in [2.45, 2.75) is 96.7 Å². The fraction of sp³-hybridized carbons (Fsp3) is 0.524. The summed E-state index contributed by atoms with van der Waals surface area (Å²) in [6, 6.07) is 15.0. The minimum atomic E-state index is -1.17. The Morgan fingerprint density at radius 1 is 0.907 bits per heavy atom. The zero-order chi connectivity index (χ0) is 38.9. The second kappa shape index (κ2) is 18.4. The molecule has 12 nitrogen and oxygen atoms in total. The van der Waals surface area contributed by atoms with E-state index in [0.29, 0.717) is 22.7 Å². The van der Waals surface area contributed by atoms with Gasteiger partial charge in [-0.15, -0.1) is 0 Å². The van der Waals surface area contributed by atoms with Crippen LogP contribution in [0.5, 0.6) is 11.5 Å². The van der Waals surface area contributed by atoms with E-state index in [1.807, 2.05) is 68.4 Å². The highest BCUT2D eigenvalue weighted by Crippen LogP contribution is 2.40. The number of aromatic nitrogens is 1. The lowest BCUT2D eigenvalue weighted by molar-refractivity contribution is -0.148. The Balaban J connectivity index is 1.42. The molecule has 0 aliphatic heterocycles. The number of carboxylic acid groups (broad SMARTS) is 1. The van der Waals surface area contributed by atoms with Crippen LogP contribution in [0.2, 0.25) is 0 Å². The molecule has 2 amide bonds. The summed E-state index contributed by atoms with van der Waals surface area (Å²) in [5, 5.41) is 16.0. The number of nitrogens with zero attached hydrogens (tertiary/aromatic N) is 1. The van der Waals surface area contributed by atoms with Gasteiger partial charge in [-0.25, -0.2) is 14.6 Å². The molecule has 54 heavy (non-hydrogen) atoms. The van der Waals surface area contributed by atoms with Crippen molar-refractivity contribution in [2.24, 2.45) is 29.6 Å². The Morgan fingerprint density at radius 3 is 2.24 bits per heavy atom. The number of rotatable bonds is 16. The molecule has 1 aromatic heterocycles. The second-order valence-corrected chi connectivity index (χ2v) is 14.9. The van der Waals surface area contributed by atoms with Crippen LogP contribution in [0.3, 0.4) is 0 Å². The van der Waals surface area contributed by atoms with Crippen molar-refractivity contribution in [1.29, 1.82) is 0 Å². The summed E-state index contributed by atoms with van der Waals surface area (Å²) >= 11 is 0. The van der Waals surface area contributed by atoms with Crippen LogP contribution in [-0.2, 0) is 28.7 Å². The van der Waals surface area contributed by atoms with Crippen LogP contribution in [0, 0.1) is 29.6 Å². The number of hydrogen-bond acceptors (Lipinski definition) is 9. The molecule has 0 saturated heterocycles. The summed E-state index contributed by atoms with van der Waals surface area (Å²) in [5.74, 6) is -4.57. The van der Waals surface area contributed by atoms with Gasteiger partial charge in [0.05, 0.1) is 31.3 Å². The van der Waals surface area contributed by atoms with E-state index >= 15 is 0 Å². The molecule has 0 bridgehead atoms. The Labute approximate surface area is 316 Å². The first-order valence-corrected chi connectivity index (χ1v) is 19.1. The first-order chi connectivity index (χ1) is 25.9. The van der Waals surface area contributed by atoms with E-state index in [1.54, 1.807) is 14.0 Å². The number of hydrogen-bond donors (Lipinski definition) is 3. The SMILES string of the molecule is CC[C@H](NC(=O)[C@@H]1C[C@@H](Oc2cc(-c3ccccc3)nc3cc(OC)ccc23)C[C@H]1C(=O)C[C@@H](C(=O)N[C@@H](C(=O)OC)C1CCCCC1)C(C)C)C(=O)O. The minimum absolute atomic E-state index is 0.0482. The lowest BCUT2D eigenvalue weighted by atomic mass is 9.81. The number of nitrogens with one attached hydrogen (secondary N) is 2. The Bertz CT molecular complexity index is 1810. The lowest BCUT2D eigenvalue weighted by Gasteiger charge is -2.31. The molecular formula is C42H53N3O9. The quantitative estimate of drug-likeness (QED) is 0.145. The fourth-order valence-corrected chi connectivity index (χ4v) is 7.91. The van der Waals surface area contributed by atoms with E-state index in [0.717, 1.165) is 43.1 Å². The number of carbonyl (C=O) groups excluding carboxylic acids is 4. The van der Waals surface area contributed by atoms with Crippen LogP contribution in [0.4, 0.5) is 0 Å². The molecular weight excluding hydrogens is 690 g/mol. The molecule has 2 fully saturated rings. The number of Topliss-reactive ketones (excluding diaryl/α,β-unsaturated/α-hetero) is 1. The lowest BCUT2D eigenvalue weighted by Crippen LogP contribution is -2.50. The average Bonchev–Trinajstić information content (AvgIpc) is 3.61. The summed E-state index contributed by atoms with van der Waals surface area (Å²) < 4.78 is 17.2. The van der Waals surface area contributed by atoms with Gasteiger partial charge in [0.15, 0.2) is 0 Å². The molecule has 1 heterocycles. The largest absolute Gasteiger partial charge is 0.497 e. The van der Waals surface area contributed by atoms with Gasteiger partial charge >= 0.3 is 11.9 Å². The standard InChI is InChI=1S/C42H53N3O9/c1-6-33(41(49)50)44-40(48)32-20-28(54-37-23-34(25-13-9-7-10-14-25)43-35-21-27(52-4)17-18-29(35)37)19-31(32)36(46)22-30(24(2)3)39(47)45-38(42(51)53-5)26-15-11-8-12-16-26/h7,9-10,13-14,17-18,21,23-24,26,28,30-33,38H,6,8,11-12,15-16,19-20,22H2,1-5H3,(H,44,48)(H,45,47)(H,49,50)/t28-,30+,31+,32+,33-,38+/m0/s1. The van der Waals surface area contributed by atoms with E-state index in [9.17, 15) is 29.1 Å². The minimum Gasteiger partial charge on any atom is -0.497 e. The topological polar surface area (TPSA) is 170 Å². The normalized spacial score (nSPS) is 20.4. The van der Waals surface area contributed by atoms with Gasteiger partial charge in [-0.1, -0.05) is 70.4 Å². The highest BCUT2D eigenvalue weighted by molar-refractivity contribution is 5.95. The van der Waals surface area contributed by atoms with Gasteiger partial charge in [0.2, 0.25) is 11.8 Å². The number of methoxy groups -OCH3 is 2. The summed E-state index contributed by atoms with van der Waals surface area (Å²) in [6.07, 6.45) is 4.37. The third-order valence-corrected chi connectivity index (χ3v) is 11.1. The molecule has 290 valence electrons. The number of carboxylic acids is 1. The van der Waals surface area contributed by atoms with E-state index < -0.39 is 59.7 Å². The van der Waals surface area contributed by atoms with Crippen molar-refractivity contribution in [1.82, 2.24) is 15.6 Å². The van der Waals surface area contributed by atoms with E-state index in [1.165, 1.54) is 7.11 Å². The molecule has 0 unspecified atom stereocenters. The first kappa shape index (κ1) is 40.2. The smallest absolute Gasteiger partial charge is 0.328 e. The number of benzene rings is 2. The average molecular weight is 744 g/mol. The molecule has 2 aromatic carbocycles. The van der Waals surface area contributed by atoms with Gasteiger partial charge in [-0.3, -0.25) is 14.4 Å². The Morgan fingerprint density at radius 2 is 1.61 bits per heavy atom. The van der Waals surface area contributed by atoms with Gasteiger partial charge < -0.3 is 30.0 Å². The Kier molecular flexibility index (Phi) is 13.7. The number of fused-ring (bicyclic) bond motifs is 1. The number of pyridine rings is 1. The maximum atomic E-state index is 14.3. The molecule has 5 rings (SSSR count).